The fourth-order valence-corrected chi connectivity index (χ4v) is 9.86. The van der Waals surface area contributed by atoms with Crippen molar-refractivity contribution >= 4 is 23.2 Å². The van der Waals surface area contributed by atoms with Gasteiger partial charge in [-0.25, -0.2) is 35.9 Å². The topological polar surface area (TPSA) is 114 Å². The molecule has 0 saturated carbocycles. The van der Waals surface area contributed by atoms with Crippen LogP contribution >= 0.6 is 0 Å². The number of quaternary nitrogens is 1. The average molecular weight is 935 g/mol. The summed E-state index contributed by atoms with van der Waals surface area (Å²) in [6, 6.07) is 21.4. The summed E-state index contributed by atoms with van der Waals surface area (Å²) >= 11 is 0. The van der Waals surface area contributed by atoms with Crippen molar-refractivity contribution in [2.75, 3.05) is 80.7 Å². The number of carbonyl (C=O) groups excluding carboxylic acids is 2. The van der Waals surface area contributed by atoms with Gasteiger partial charge in [0, 0.05) is 57.8 Å². The molecule has 4 aromatic carbocycles. The van der Waals surface area contributed by atoms with E-state index in [9.17, 15) is 51.4 Å². The Morgan fingerprint density at radius 3 is 1.54 bits per heavy atom. The summed E-state index contributed by atoms with van der Waals surface area (Å²) in [5, 5.41) is 33.3. The minimum absolute atomic E-state index is 0.00725. The average Bonchev–Trinajstić information content (AvgIpc) is 3.91. The Labute approximate surface area is 386 Å². The number of aliphatic hydroxyl groups excluding tert-OH is 2. The first-order valence-corrected chi connectivity index (χ1v) is 22.1. The molecule has 0 bridgehead atoms. The monoisotopic (exact) mass is 934 g/mol. The van der Waals surface area contributed by atoms with Crippen LogP contribution in [0.4, 0.5) is 35.9 Å². The van der Waals surface area contributed by atoms with Crippen LogP contribution in [0.25, 0.3) is 11.1 Å². The predicted octanol–water partition coefficient (Wildman–Crippen LogP) is 7.30. The van der Waals surface area contributed by atoms with Crippen LogP contribution in [-0.2, 0) is 11.1 Å². The summed E-state index contributed by atoms with van der Waals surface area (Å²) in [6.07, 6.45) is 1.13. The van der Waals surface area contributed by atoms with Crippen molar-refractivity contribution < 1.29 is 50.8 Å². The number of benzene rings is 4. The lowest BCUT2D eigenvalue weighted by Crippen LogP contribution is -2.61. The van der Waals surface area contributed by atoms with Crippen LogP contribution in [0.3, 0.4) is 0 Å². The van der Waals surface area contributed by atoms with Gasteiger partial charge in [-0.15, -0.1) is 0 Å². The van der Waals surface area contributed by atoms with E-state index in [1.54, 1.807) is 73.8 Å². The van der Waals surface area contributed by atoms with Crippen LogP contribution in [0.5, 0.6) is 0 Å². The fraction of sp³-hybridized carbons (Fsp3) is 0.400. The van der Waals surface area contributed by atoms with Gasteiger partial charge >= 0.3 is 12.1 Å². The molecule has 0 radical (unpaired) electrons. The molecule has 0 aliphatic carbocycles. The number of nitrogens with zero attached hydrogens (tertiary/aromatic N) is 6. The number of hydroxylamine groups is 3. The second-order valence-corrected chi connectivity index (χ2v) is 18.2. The molecule has 4 aliphatic rings. The number of hydrogen-bond acceptors (Lipinski definition) is 6. The zero-order valence-electron chi connectivity index (χ0n) is 37.8. The molecule has 4 amide bonds. The smallest absolute Gasteiger partial charge is 0.321 e. The SMILES string of the molecule is CN(C(=O)N1CC(c2cc(F)ccc2F)=C[C@@]1(CO)c1ccccc1)[C@H]1CC[N+](C)([O-])C[C@H]1F.CN1CC[C@H](N(C)C(=O)N2CC(c3cc(F)ccc3F)=C[C@@]2(CO)c2ccccc2)[C@H](F)C1. The summed E-state index contributed by atoms with van der Waals surface area (Å²) in [5.74, 6) is -2.51. The molecule has 67 heavy (non-hydrogen) atoms. The van der Waals surface area contributed by atoms with Crippen molar-refractivity contribution in [2.45, 2.75) is 48.3 Å². The van der Waals surface area contributed by atoms with Crippen molar-refractivity contribution in [1.29, 1.82) is 0 Å². The van der Waals surface area contributed by atoms with Gasteiger partial charge in [-0.05, 0) is 84.3 Å². The zero-order valence-corrected chi connectivity index (χ0v) is 37.8. The van der Waals surface area contributed by atoms with E-state index in [2.05, 4.69) is 0 Å². The Hall–Kier alpha value is -5.72. The van der Waals surface area contributed by atoms with Crippen molar-refractivity contribution in [1.82, 2.24) is 24.5 Å². The molecule has 4 aliphatic heterocycles. The number of halogens is 6. The fourth-order valence-electron chi connectivity index (χ4n) is 9.86. The van der Waals surface area contributed by atoms with E-state index >= 15 is 0 Å². The number of carbonyl (C=O) groups is 2. The Morgan fingerprint density at radius 2 is 1.13 bits per heavy atom. The molecule has 2 fully saturated rings. The lowest BCUT2D eigenvalue weighted by atomic mass is 9.89. The second kappa shape index (κ2) is 19.9. The van der Waals surface area contributed by atoms with Crippen LogP contribution in [-0.4, -0.2) is 157 Å². The molecular weight excluding hydrogens is 879 g/mol. The zero-order chi connectivity index (χ0) is 48.4. The predicted molar refractivity (Wildman–Crippen MR) is 242 cm³/mol. The minimum atomic E-state index is -1.51. The number of urea groups is 2. The number of hydrogen-bond donors (Lipinski definition) is 2. The lowest BCUT2D eigenvalue weighted by molar-refractivity contribution is -0.869. The first-order chi connectivity index (χ1) is 31.8. The van der Waals surface area contributed by atoms with E-state index in [0.29, 0.717) is 35.2 Å². The van der Waals surface area contributed by atoms with Crippen LogP contribution < -0.4 is 0 Å². The van der Waals surface area contributed by atoms with Crippen LogP contribution in [0, 0.1) is 28.5 Å². The summed E-state index contributed by atoms with van der Waals surface area (Å²) in [4.78, 5) is 34.7. The van der Waals surface area contributed by atoms with E-state index in [1.165, 1.54) is 33.7 Å². The molecule has 17 heteroatoms. The lowest BCUT2D eigenvalue weighted by Gasteiger charge is -2.48. The summed E-state index contributed by atoms with van der Waals surface area (Å²) in [6.45, 7) is -0.357. The van der Waals surface area contributed by atoms with Gasteiger partial charge in [0.25, 0.3) is 0 Å². The van der Waals surface area contributed by atoms with Gasteiger partial charge in [0.1, 0.15) is 47.1 Å². The van der Waals surface area contributed by atoms with Gasteiger partial charge in [-0.1, -0.05) is 60.7 Å². The van der Waals surface area contributed by atoms with Crippen molar-refractivity contribution in [3.63, 3.8) is 0 Å². The van der Waals surface area contributed by atoms with Gasteiger partial charge in [0.2, 0.25) is 0 Å². The Bertz CT molecular complexity index is 2480. The Kier molecular flexibility index (Phi) is 14.6. The number of rotatable bonds is 8. The standard InChI is InChI=1S/C25H28F3N3O3.C25H28F3N3O2/c1-29(23-10-11-31(2,34)15-22(23)28)24(33)30-14-17(20-12-19(26)8-9-21(20)27)13-25(30,16-32)18-6-4-3-5-7-18;1-29-11-10-23(22(28)15-29)30(2)24(33)31-14-17(20-12-19(26)8-9-21(20)27)13-25(31,16-32)18-6-4-3-5-7-18/h3-9,12-13,22-23,32H,10-11,14-16H2,1-2H3;3-9,12-13,22-23,32H,10-11,14-16H2,1-2H3/t22-,23+,25-,31?;22-,23+,25-/m11/s1. The van der Waals surface area contributed by atoms with Gasteiger partial charge in [-0.3, -0.25) is 0 Å². The first kappa shape index (κ1) is 49.2. The minimum Gasteiger partial charge on any atom is -0.633 e. The summed E-state index contributed by atoms with van der Waals surface area (Å²) < 4.78 is 86.1. The maximum atomic E-state index is 14.9. The second-order valence-electron chi connectivity index (χ2n) is 18.2. The normalized spacial score (nSPS) is 27.5. The maximum Gasteiger partial charge on any atom is 0.321 e. The van der Waals surface area contributed by atoms with Gasteiger partial charge in [-0.2, -0.15) is 0 Å². The van der Waals surface area contributed by atoms with E-state index in [1.807, 2.05) is 18.0 Å². The molecule has 0 aromatic heterocycles. The Balaban J connectivity index is 0.000000199. The number of alkyl halides is 2. The third-order valence-corrected chi connectivity index (χ3v) is 13.7. The van der Waals surface area contributed by atoms with E-state index < -0.39 is 88.7 Å². The molecule has 0 spiro atoms. The highest BCUT2D eigenvalue weighted by molar-refractivity contribution is 5.85. The maximum absolute atomic E-state index is 14.9. The molecule has 2 saturated heterocycles. The van der Waals surface area contributed by atoms with Crippen molar-refractivity contribution in [3.8, 4) is 0 Å². The summed E-state index contributed by atoms with van der Waals surface area (Å²) in [7, 11) is 6.26. The van der Waals surface area contributed by atoms with E-state index in [0.717, 1.165) is 36.4 Å². The van der Waals surface area contributed by atoms with Gasteiger partial charge < -0.3 is 44.6 Å². The van der Waals surface area contributed by atoms with Crippen LogP contribution in [0.2, 0.25) is 0 Å². The Morgan fingerprint density at radius 1 is 0.701 bits per heavy atom. The number of piperidine rings is 2. The molecule has 8 rings (SSSR count). The largest absolute Gasteiger partial charge is 0.633 e. The quantitative estimate of drug-likeness (QED) is 0.109. The number of aliphatic hydroxyl groups is 2. The third kappa shape index (κ3) is 9.84. The number of amides is 4. The highest BCUT2D eigenvalue weighted by atomic mass is 19.2. The molecular formula is C50H56F6N6O5. The molecule has 4 heterocycles. The van der Waals surface area contributed by atoms with E-state index in [4.69, 9.17) is 0 Å². The van der Waals surface area contributed by atoms with Crippen LogP contribution in [0.1, 0.15) is 35.1 Å². The van der Waals surface area contributed by atoms with E-state index in [-0.39, 0.29) is 50.3 Å². The molecule has 11 nitrogen and oxygen atoms in total. The highest BCUT2D eigenvalue weighted by Gasteiger charge is 2.49. The van der Waals surface area contributed by atoms with Crippen molar-refractivity contribution in [3.05, 3.63) is 160 Å². The van der Waals surface area contributed by atoms with Crippen LogP contribution in [0.15, 0.2) is 109 Å². The first-order valence-electron chi connectivity index (χ1n) is 22.1. The molecule has 4 aromatic rings. The highest BCUT2D eigenvalue weighted by Crippen LogP contribution is 2.43. The molecule has 1 unspecified atom stereocenters. The molecule has 7 atom stereocenters. The summed E-state index contributed by atoms with van der Waals surface area (Å²) in [5.41, 5.74) is -0.705. The molecule has 358 valence electrons. The van der Waals surface area contributed by atoms with Gasteiger partial charge in [0.15, 0.2) is 6.17 Å². The van der Waals surface area contributed by atoms with Gasteiger partial charge in [0.05, 0.1) is 38.9 Å². The third-order valence-electron chi connectivity index (χ3n) is 13.7. The number of likely N-dealkylation sites (tertiary alicyclic amines) is 2. The molecule has 2 N–H and O–H groups in total. The van der Waals surface area contributed by atoms with Crippen molar-refractivity contribution in [2.24, 2.45) is 0 Å².